The van der Waals surface area contributed by atoms with Crippen molar-refractivity contribution < 1.29 is 14.7 Å². The van der Waals surface area contributed by atoms with E-state index >= 15 is 0 Å². The average molecular weight is 280 g/mol. The van der Waals surface area contributed by atoms with Crippen LogP contribution >= 0.6 is 0 Å². The minimum atomic E-state index is -0.813. The van der Waals surface area contributed by atoms with Gasteiger partial charge in [-0.3, -0.25) is 9.89 Å². The van der Waals surface area contributed by atoms with Crippen molar-refractivity contribution in [1.29, 1.82) is 0 Å². The molecule has 1 heterocycles. The summed E-state index contributed by atoms with van der Waals surface area (Å²) in [4.78, 5) is 23.1. The summed E-state index contributed by atoms with van der Waals surface area (Å²) in [5, 5.41) is 21.2. The highest BCUT2D eigenvalue weighted by Crippen LogP contribution is 2.35. The number of carboxylic acid groups (broad SMARTS) is 1. The van der Waals surface area contributed by atoms with Gasteiger partial charge < -0.3 is 15.7 Å². The van der Waals surface area contributed by atoms with Crippen molar-refractivity contribution in [2.24, 2.45) is 5.41 Å². The van der Waals surface area contributed by atoms with E-state index in [0.29, 0.717) is 19.4 Å². The third kappa shape index (κ3) is 3.49. The highest BCUT2D eigenvalue weighted by Gasteiger charge is 2.39. The summed E-state index contributed by atoms with van der Waals surface area (Å²) in [5.74, 6) is -0.813. The molecule has 2 amide bonds. The lowest BCUT2D eigenvalue weighted by Gasteiger charge is -2.33. The van der Waals surface area contributed by atoms with E-state index in [1.165, 1.54) is 0 Å². The molecule has 7 heteroatoms. The minimum absolute atomic E-state index is 0.180. The molecule has 1 aliphatic carbocycles. The number of nitrogens with zero attached hydrogens (tertiary/aromatic N) is 1. The molecule has 0 aliphatic heterocycles. The van der Waals surface area contributed by atoms with Gasteiger partial charge in [0.1, 0.15) is 0 Å². The molecule has 0 saturated heterocycles. The second-order valence-electron chi connectivity index (χ2n) is 5.29. The summed E-state index contributed by atoms with van der Waals surface area (Å²) >= 11 is 0. The van der Waals surface area contributed by atoms with E-state index in [-0.39, 0.29) is 12.6 Å². The number of H-pyrrole nitrogens is 1. The SMILES string of the molecule is O=C(NCc1cn[nH]c1)NCC1(C(=O)O)CCCCC1. The Morgan fingerprint density at radius 2 is 2.05 bits per heavy atom. The molecule has 1 saturated carbocycles. The highest BCUT2D eigenvalue weighted by molar-refractivity contribution is 5.78. The Morgan fingerprint density at radius 3 is 2.65 bits per heavy atom. The second kappa shape index (κ2) is 6.40. The number of carbonyl (C=O) groups excluding carboxylic acids is 1. The molecule has 1 fully saturated rings. The first-order valence-electron chi connectivity index (χ1n) is 6.85. The zero-order valence-electron chi connectivity index (χ0n) is 11.3. The number of aromatic nitrogens is 2. The number of carboxylic acids is 1. The first-order chi connectivity index (χ1) is 9.62. The lowest BCUT2D eigenvalue weighted by molar-refractivity contribution is -0.150. The largest absolute Gasteiger partial charge is 0.481 e. The number of hydrogen-bond acceptors (Lipinski definition) is 3. The van der Waals surface area contributed by atoms with Crippen molar-refractivity contribution in [2.75, 3.05) is 6.54 Å². The zero-order chi connectivity index (χ0) is 14.4. The van der Waals surface area contributed by atoms with Gasteiger partial charge in [0.2, 0.25) is 0 Å². The molecular formula is C13H20N4O3. The van der Waals surface area contributed by atoms with Gasteiger partial charge in [0.15, 0.2) is 0 Å². The Kier molecular flexibility index (Phi) is 4.60. The highest BCUT2D eigenvalue weighted by atomic mass is 16.4. The summed E-state index contributed by atoms with van der Waals surface area (Å²) in [6.45, 7) is 0.544. The Labute approximate surface area is 117 Å². The summed E-state index contributed by atoms with van der Waals surface area (Å²) in [6.07, 6.45) is 7.46. The number of rotatable bonds is 5. The first-order valence-corrected chi connectivity index (χ1v) is 6.85. The number of aliphatic carboxylic acids is 1. The van der Waals surface area contributed by atoms with Gasteiger partial charge in [0.25, 0.3) is 0 Å². The molecule has 1 aliphatic rings. The second-order valence-corrected chi connectivity index (χ2v) is 5.29. The van der Waals surface area contributed by atoms with Crippen molar-refractivity contribution in [1.82, 2.24) is 20.8 Å². The fourth-order valence-corrected chi connectivity index (χ4v) is 2.56. The number of hydrogen-bond donors (Lipinski definition) is 4. The van der Waals surface area contributed by atoms with E-state index in [1.54, 1.807) is 12.4 Å². The summed E-state index contributed by atoms with van der Waals surface area (Å²) in [5.41, 5.74) is 0.0661. The Hall–Kier alpha value is -2.05. The molecule has 4 N–H and O–H groups in total. The molecule has 0 bridgehead atoms. The molecular weight excluding hydrogens is 260 g/mol. The van der Waals surface area contributed by atoms with Crippen LogP contribution in [0.3, 0.4) is 0 Å². The molecule has 0 unspecified atom stereocenters. The first kappa shape index (κ1) is 14.4. The van der Waals surface area contributed by atoms with Crippen LogP contribution in [-0.4, -0.2) is 33.8 Å². The topological polar surface area (TPSA) is 107 Å². The Balaban J connectivity index is 1.80. The lowest BCUT2D eigenvalue weighted by atomic mass is 9.74. The number of urea groups is 1. The standard InChI is InChI=1S/C13H20N4O3/c18-11(19)13(4-2-1-3-5-13)9-15-12(20)14-6-10-7-16-17-8-10/h7-8H,1-6,9H2,(H,16,17)(H,18,19)(H2,14,15,20). The van der Waals surface area contributed by atoms with Gasteiger partial charge in [-0.2, -0.15) is 5.10 Å². The van der Waals surface area contributed by atoms with E-state index in [0.717, 1.165) is 24.8 Å². The molecule has 0 radical (unpaired) electrons. The molecule has 2 rings (SSSR count). The van der Waals surface area contributed by atoms with E-state index in [4.69, 9.17) is 0 Å². The van der Waals surface area contributed by atoms with Crippen LogP contribution in [0.15, 0.2) is 12.4 Å². The van der Waals surface area contributed by atoms with Crippen molar-refractivity contribution in [2.45, 2.75) is 38.6 Å². The molecule has 0 atom stereocenters. The number of carbonyl (C=O) groups is 2. The molecule has 110 valence electrons. The van der Waals surface area contributed by atoms with Crippen molar-refractivity contribution in [3.63, 3.8) is 0 Å². The van der Waals surface area contributed by atoms with E-state index in [9.17, 15) is 14.7 Å². The fraction of sp³-hybridized carbons (Fsp3) is 0.615. The fourth-order valence-electron chi connectivity index (χ4n) is 2.56. The van der Waals surface area contributed by atoms with Crippen LogP contribution in [0.2, 0.25) is 0 Å². The van der Waals surface area contributed by atoms with E-state index in [1.807, 2.05) is 0 Å². The van der Waals surface area contributed by atoms with Crippen molar-refractivity contribution >= 4 is 12.0 Å². The van der Waals surface area contributed by atoms with E-state index in [2.05, 4.69) is 20.8 Å². The number of nitrogens with one attached hydrogen (secondary N) is 3. The predicted octanol–water partition coefficient (Wildman–Crippen LogP) is 1.24. The van der Waals surface area contributed by atoms with Gasteiger partial charge >= 0.3 is 12.0 Å². The van der Waals surface area contributed by atoms with Crippen molar-refractivity contribution in [3.8, 4) is 0 Å². The Bertz CT molecular complexity index is 452. The third-order valence-corrected chi connectivity index (χ3v) is 3.86. The monoisotopic (exact) mass is 280 g/mol. The van der Waals surface area contributed by atoms with Crippen LogP contribution in [0.4, 0.5) is 4.79 Å². The minimum Gasteiger partial charge on any atom is -0.481 e. The zero-order valence-corrected chi connectivity index (χ0v) is 11.3. The maximum Gasteiger partial charge on any atom is 0.315 e. The molecule has 20 heavy (non-hydrogen) atoms. The molecule has 0 spiro atoms. The van der Waals surface area contributed by atoms with Crippen LogP contribution in [0.25, 0.3) is 0 Å². The predicted molar refractivity (Wildman–Crippen MR) is 72.0 cm³/mol. The van der Waals surface area contributed by atoms with Crippen LogP contribution in [0, 0.1) is 5.41 Å². The van der Waals surface area contributed by atoms with E-state index < -0.39 is 11.4 Å². The number of amides is 2. The molecule has 0 aromatic carbocycles. The van der Waals surface area contributed by atoms with Gasteiger partial charge in [-0.15, -0.1) is 0 Å². The van der Waals surface area contributed by atoms with Crippen LogP contribution in [0.5, 0.6) is 0 Å². The normalized spacial score (nSPS) is 17.4. The third-order valence-electron chi connectivity index (χ3n) is 3.86. The van der Waals surface area contributed by atoms with Gasteiger partial charge in [-0.25, -0.2) is 4.79 Å². The van der Waals surface area contributed by atoms with Gasteiger partial charge in [-0.1, -0.05) is 19.3 Å². The maximum absolute atomic E-state index is 11.7. The maximum atomic E-state index is 11.7. The Morgan fingerprint density at radius 1 is 1.30 bits per heavy atom. The lowest BCUT2D eigenvalue weighted by Crippen LogP contribution is -2.47. The molecule has 1 aromatic rings. The van der Waals surface area contributed by atoms with Crippen LogP contribution in [-0.2, 0) is 11.3 Å². The quantitative estimate of drug-likeness (QED) is 0.651. The van der Waals surface area contributed by atoms with Crippen LogP contribution < -0.4 is 10.6 Å². The average Bonchev–Trinajstić information content (AvgIpc) is 2.97. The summed E-state index contributed by atoms with van der Waals surface area (Å²) < 4.78 is 0. The summed E-state index contributed by atoms with van der Waals surface area (Å²) in [7, 11) is 0. The van der Waals surface area contributed by atoms with Crippen molar-refractivity contribution in [3.05, 3.63) is 18.0 Å². The number of aromatic amines is 1. The van der Waals surface area contributed by atoms with Gasteiger partial charge in [-0.05, 0) is 12.8 Å². The molecule has 7 nitrogen and oxygen atoms in total. The van der Waals surface area contributed by atoms with Crippen LogP contribution in [0.1, 0.15) is 37.7 Å². The summed E-state index contributed by atoms with van der Waals surface area (Å²) in [6, 6.07) is -0.350. The van der Waals surface area contributed by atoms with Gasteiger partial charge in [0.05, 0.1) is 11.6 Å². The van der Waals surface area contributed by atoms with Gasteiger partial charge in [0, 0.05) is 24.8 Å². The smallest absolute Gasteiger partial charge is 0.315 e. The molecule has 1 aromatic heterocycles.